The highest BCUT2D eigenvalue weighted by Gasteiger charge is 2.37. The van der Waals surface area contributed by atoms with Crippen molar-refractivity contribution >= 4 is 35.5 Å². The zero-order valence-corrected chi connectivity index (χ0v) is 19.0. The molecule has 1 unspecified atom stereocenters. The summed E-state index contributed by atoms with van der Waals surface area (Å²) in [5.74, 6) is -2.25. The lowest BCUT2D eigenvalue weighted by Crippen LogP contribution is -2.59. The molecule has 1 saturated heterocycles. The van der Waals surface area contributed by atoms with Crippen molar-refractivity contribution in [3.8, 4) is 0 Å². The molecule has 1 aliphatic carbocycles. The summed E-state index contributed by atoms with van der Waals surface area (Å²) in [4.78, 5) is 62.0. The number of hydrogen-bond donors (Lipinski definition) is 2. The number of amides is 3. The maximum Gasteiger partial charge on any atom is 0.308 e. The van der Waals surface area contributed by atoms with E-state index in [1.165, 1.54) is 36.1 Å². The Hall–Kier alpha value is -3.76. The Morgan fingerprint density at radius 2 is 2.00 bits per heavy atom. The zero-order valence-electron chi connectivity index (χ0n) is 19.0. The van der Waals surface area contributed by atoms with E-state index in [2.05, 4.69) is 10.6 Å². The van der Waals surface area contributed by atoms with Crippen molar-refractivity contribution in [2.75, 3.05) is 13.1 Å². The van der Waals surface area contributed by atoms with Gasteiger partial charge in [-0.25, -0.2) is 0 Å². The Morgan fingerprint density at radius 1 is 1.26 bits per heavy atom. The number of ether oxygens (including phenoxy) is 1. The van der Waals surface area contributed by atoms with Gasteiger partial charge in [0, 0.05) is 32.1 Å². The molecule has 0 aromatic heterocycles. The molecule has 11 heteroatoms. The summed E-state index contributed by atoms with van der Waals surface area (Å²) in [5, 5.41) is 16.2. The van der Waals surface area contributed by atoms with Crippen molar-refractivity contribution in [1.82, 2.24) is 15.5 Å². The standard InChI is InChI=1S/C23H28N4O7/c1-15(28)25-19(13-16-6-5-7-17(12-16)27(32)33)23(31)26-11-10-24-22(30)20(26)14-21(29)34-18-8-3-2-4-9-18/h5-7,12-13,18,20H,2-4,8-11,14H2,1H3,(H,24,30)(H,25,28). The second-order valence-corrected chi connectivity index (χ2v) is 8.35. The second kappa shape index (κ2) is 11.4. The molecule has 1 aliphatic heterocycles. The van der Waals surface area contributed by atoms with Crippen LogP contribution in [0, 0.1) is 10.1 Å². The van der Waals surface area contributed by atoms with Gasteiger partial charge in [-0.1, -0.05) is 18.6 Å². The van der Waals surface area contributed by atoms with Gasteiger partial charge in [0.2, 0.25) is 11.8 Å². The normalized spacial score (nSPS) is 19.2. The highest BCUT2D eigenvalue weighted by Crippen LogP contribution is 2.22. The highest BCUT2D eigenvalue weighted by atomic mass is 16.6. The Labute approximate surface area is 196 Å². The molecule has 2 fully saturated rings. The smallest absolute Gasteiger partial charge is 0.308 e. The lowest BCUT2D eigenvalue weighted by atomic mass is 9.98. The Balaban J connectivity index is 1.81. The molecular formula is C23H28N4O7. The van der Waals surface area contributed by atoms with E-state index < -0.39 is 34.7 Å². The monoisotopic (exact) mass is 472 g/mol. The van der Waals surface area contributed by atoms with Crippen LogP contribution in [-0.4, -0.2) is 58.7 Å². The molecular weight excluding hydrogens is 444 g/mol. The average Bonchev–Trinajstić information content (AvgIpc) is 2.80. The fourth-order valence-electron chi connectivity index (χ4n) is 4.13. The van der Waals surface area contributed by atoms with Crippen LogP contribution in [0.3, 0.4) is 0 Å². The van der Waals surface area contributed by atoms with Gasteiger partial charge in [-0.15, -0.1) is 0 Å². The van der Waals surface area contributed by atoms with Crippen LogP contribution in [0.15, 0.2) is 30.0 Å². The van der Waals surface area contributed by atoms with E-state index >= 15 is 0 Å². The lowest BCUT2D eigenvalue weighted by Gasteiger charge is -2.35. The first-order valence-electron chi connectivity index (χ1n) is 11.3. The molecule has 2 aliphatic rings. The van der Waals surface area contributed by atoms with Crippen molar-refractivity contribution in [3.63, 3.8) is 0 Å². The van der Waals surface area contributed by atoms with Crippen LogP contribution in [0.2, 0.25) is 0 Å². The van der Waals surface area contributed by atoms with E-state index in [4.69, 9.17) is 4.74 Å². The number of nitro groups is 1. The zero-order chi connectivity index (χ0) is 24.7. The minimum Gasteiger partial charge on any atom is -0.462 e. The third-order valence-electron chi connectivity index (χ3n) is 5.74. The number of carbonyl (C=O) groups is 4. The van der Waals surface area contributed by atoms with Crippen LogP contribution in [0.4, 0.5) is 5.69 Å². The van der Waals surface area contributed by atoms with Gasteiger partial charge < -0.3 is 20.3 Å². The van der Waals surface area contributed by atoms with E-state index in [9.17, 15) is 29.3 Å². The van der Waals surface area contributed by atoms with Crippen molar-refractivity contribution in [2.24, 2.45) is 0 Å². The van der Waals surface area contributed by atoms with Gasteiger partial charge in [-0.2, -0.15) is 0 Å². The number of non-ortho nitro benzene ring substituents is 1. The fraction of sp³-hybridized carbons (Fsp3) is 0.478. The molecule has 0 radical (unpaired) electrons. The van der Waals surface area contributed by atoms with Crippen molar-refractivity contribution in [2.45, 2.75) is 57.6 Å². The molecule has 0 spiro atoms. The third-order valence-corrected chi connectivity index (χ3v) is 5.74. The number of nitro benzene ring substituents is 1. The lowest BCUT2D eigenvalue weighted by molar-refractivity contribution is -0.384. The molecule has 1 saturated carbocycles. The molecule has 2 N–H and O–H groups in total. The van der Waals surface area contributed by atoms with E-state index in [-0.39, 0.29) is 37.0 Å². The summed E-state index contributed by atoms with van der Waals surface area (Å²) in [5.41, 5.74) is -0.0153. The minimum atomic E-state index is -1.10. The molecule has 1 atom stereocenters. The molecule has 1 aromatic rings. The number of piperazine rings is 1. The molecule has 3 amide bonds. The summed E-state index contributed by atoms with van der Waals surface area (Å²) in [6, 6.07) is 4.47. The summed E-state index contributed by atoms with van der Waals surface area (Å²) in [6.07, 6.45) is 5.45. The Morgan fingerprint density at radius 3 is 2.68 bits per heavy atom. The van der Waals surface area contributed by atoms with Gasteiger partial charge in [-0.05, 0) is 37.3 Å². The summed E-state index contributed by atoms with van der Waals surface area (Å²) in [6.45, 7) is 1.53. The molecule has 34 heavy (non-hydrogen) atoms. The quantitative estimate of drug-likeness (QED) is 0.265. The number of rotatable bonds is 7. The SMILES string of the molecule is CC(=O)NC(=Cc1cccc([N+](=O)[O-])c1)C(=O)N1CCNC(=O)C1CC(=O)OC1CCCCC1. The molecule has 0 bridgehead atoms. The molecule has 1 aromatic carbocycles. The van der Waals surface area contributed by atoms with Gasteiger partial charge in [0.25, 0.3) is 11.6 Å². The van der Waals surface area contributed by atoms with Crippen LogP contribution in [-0.2, 0) is 23.9 Å². The number of esters is 1. The first-order valence-corrected chi connectivity index (χ1v) is 11.3. The average molecular weight is 472 g/mol. The van der Waals surface area contributed by atoms with Crippen molar-refractivity contribution < 1.29 is 28.8 Å². The van der Waals surface area contributed by atoms with Gasteiger partial charge in [0.15, 0.2) is 0 Å². The Bertz CT molecular complexity index is 1000. The maximum absolute atomic E-state index is 13.4. The minimum absolute atomic E-state index is 0.123. The van der Waals surface area contributed by atoms with E-state index in [0.29, 0.717) is 5.56 Å². The molecule has 3 rings (SSSR count). The van der Waals surface area contributed by atoms with Gasteiger partial charge in [0.1, 0.15) is 17.8 Å². The van der Waals surface area contributed by atoms with Crippen LogP contribution in [0.1, 0.15) is 51.0 Å². The van der Waals surface area contributed by atoms with Gasteiger partial charge >= 0.3 is 5.97 Å². The number of nitrogens with one attached hydrogen (secondary N) is 2. The van der Waals surface area contributed by atoms with E-state index in [1.807, 2.05) is 0 Å². The van der Waals surface area contributed by atoms with Crippen molar-refractivity contribution in [3.05, 3.63) is 45.6 Å². The number of hydrogen-bond acceptors (Lipinski definition) is 7. The molecule has 1 heterocycles. The van der Waals surface area contributed by atoms with Crippen molar-refractivity contribution in [1.29, 1.82) is 0 Å². The van der Waals surface area contributed by atoms with Gasteiger partial charge in [0.05, 0.1) is 11.3 Å². The highest BCUT2D eigenvalue weighted by molar-refractivity contribution is 6.03. The Kier molecular flexibility index (Phi) is 8.34. The van der Waals surface area contributed by atoms with Crippen LogP contribution in [0.5, 0.6) is 0 Å². The molecule has 11 nitrogen and oxygen atoms in total. The topological polar surface area (TPSA) is 148 Å². The number of carbonyl (C=O) groups excluding carboxylic acids is 4. The number of nitrogens with zero attached hydrogens (tertiary/aromatic N) is 2. The number of benzene rings is 1. The van der Waals surface area contributed by atoms with Gasteiger partial charge in [-0.3, -0.25) is 29.3 Å². The second-order valence-electron chi connectivity index (χ2n) is 8.35. The summed E-state index contributed by atoms with van der Waals surface area (Å²) >= 11 is 0. The summed E-state index contributed by atoms with van der Waals surface area (Å²) < 4.78 is 5.52. The third kappa shape index (κ3) is 6.63. The first-order chi connectivity index (χ1) is 16.2. The van der Waals surface area contributed by atoms with Crippen LogP contribution >= 0.6 is 0 Å². The first kappa shape index (κ1) is 24.9. The predicted octanol–water partition coefficient (Wildman–Crippen LogP) is 1.66. The maximum atomic E-state index is 13.4. The predicted molar refractivity (Wildman–Crippen MR) is 121 cm³/mol. The molecule has 182 valence electrons. The fourth-order valence-corrected chi connectivity index (χ4v) is 4.13. The largest absolute Gasteiger partial charge is 0.462 e. The van der Waals surface area contributed by atoms with E-state index in [1.54, 1.807) is 6.07 Å². The summed E-state index contributed by atoms with van der Waals surface area (Å²) in [7, 11) is 0. The van der Waals surface area contributed by atoms with Crippen LogP contribution in [0.25, 0.3) is 6.08 Å². The van der Waals surface area contributed by atoms with E-state index in [0.717, 1.165) is 32.1 Å². The van der Waals surface area contributed by atoms with Crippen LogP contribution < -0.4 is 10.6 Å².